The molecule has 8 heteroatoms. The van der Waals surface area contributed by atoms with Crippen LogP contribution in [0.25, 0.3) is 5.57 Å². The van der Waals surface area contributed by atoms with Gasteiger partial charge in [-0.1, -0.05) is 29.4 Å². The van der Waals surface area contributed by atoms with E-state index in [1.54, 1.807) is 38.3 Å². The Kier molecular flexibility index (Phi) is 4.78. The Labute approximate surface area is 148 Å². The van der Waals surface area contributed by atoms with Gasteiger partial charge in [0, 0.05) is 29.4 Å². The molecule has 0 aliphatic carbocycles. The number of hydrogen-bond donors (Lipinski definition) is 1. The number of hydrogen-bond acceptors (Lipinski definition) is 5. The van der Waals surface area contributed by atoms with E-state index in [0.717, 1.165) is 11.1 Å². The van der Waals surface area contributed by atoms with Gasteiger partial charge >= 0.3 is 6.36 Å². The van der Waals surface area contributed by atoms with E-state index in [2.05, 4.69) is 9.89 Å². The van der Waals surface area contributed by atoms with Gasteiger partial charge in [-0.05, 0) is 26.0 Å². The van der Waals surface area contributed by atoms with Crippen LogP contribution >= 0.6 is 0 Å². The number of aryl methyl sites for hydroxylation is 2. The minimum Gasteiger partial charge on any atom is -0.405 e. The Balaban J connectivity index is 1.89. The van der Waals surface area contributed by atoms with Gasteiger partial charge in [0.25, 0.3) is 0 Å². The minimum absolute atomic E-state index is 0.0324. The van der Waals surface area contributed by atoms with Crippen molar-refractivity contribution in [3.05, 3.63) is 65.2 Å². The average molecular weight is 366 g/mol. The molecular formula is C18H17F3N2O3. The van der Waals surface area contributed by atoms with Crippen molar-refractivity contribution in [2.24, 2.45) is 0 Å². The topological polar surface area (TPSA) is 58.7 Å². The zero-order chi connectivity index (χ0) is 18.9. The lowest BCUT2D eigenvalue weighted by molar-refractivity contribution is -0.275. The summed E-state index contributed by atoms with van der Waals surface area (Å²) in [6.07, 6.45) is -0.811. The second kappa shape index (κ2) is 6.87. The van der Waals surface area contributed by atoms with Crippen molar-refractivity contribution in [3.63, 3.8) is 0 Å². The number of aliphatic hydroxyl groups is 1. The molecule has 1 N–H and O–H groups in total. The van der Waals surface area contributed by atoms with Crippen molar-refractivity contribution in [1.82, 2.24) is 10.1 Å². The van der Waals surface area contributed by atoms with Gasteiger partial charge in [-0.15, -0.1) is 13.2 Å². The highest BCUT2D eigenvalue weighted by Crippen LogP contribution is 2.31. The second-order valence-electron chi connectivity index (χ2n) is 5.88. The smallest absolute Gasteiger partial charge is 0.405 e. The van der Waals surface area contributed by atoms with Crippen LogP contribution in [0.2, 0.25) is 0 Å². The number of benzene rings is 1. The maximum absolute atomic E-state index is 12.6. The van der Waals surface area contributed by atoms with Crippen LogP contribution in [0.1, 0.15) is 22.6 Å². The molecule has 1 atom stereocenters. The fourth-order valence-corrected chi connectivity index (χ4v) is 2.84. The number of para-hydroxylation sites is 1. The maximum Gasteiger partial charge on any atom is 0.573 e. The van der Waals surface area contributed by atoms with Gasteiger partial charge in [0.2, 0.25) is 0 Å². The summed E-state index contributed by atoms with van der Waals surface area (Å²) in [5.74, 6) is 0.324. The first-order chi connectivity index (χ1) is 12.2. The van der Waals surface area contributed by atoms with Crippen molar-refractivity contribution in [1.29, 1.82) is 0 Å². The number of alkyl halides is 3. The summed E-state index contributed by atoms with van der Waals surface area (Å²) in [6.45, 7) is 3.60. The molecule has 0 bridgehead atoms. The zero-order valence-electron chi connectivity index (χ0n) is 14.1. The zero-order valence-corrected chi connectivity index (χ0v) is 14.1. The van der Waals surface area contributed by atoms with Crippen LogP contribution in [0.3, 0.4) is 0 Å². The molecule has 5 nitrogen and oxygen atoms in total. The first-order valence-electron chi connectivity index (χ1n) is 7.85. The third-order valence-electron chi connectivity index (χ3n) is 3.97. The molecule has 1 aliphatic heterocycles. The van der Waals surface area contributed by atoms with Crippen molar-refractivity contribution in [3.8, 4) is 5.75 Å². The predicted molar refractivity (Wildman–Crippen MR) is 87.8 cm³/mol. The standard InChI is InChI=1S/C18H17F3N2O3/c1-11-17(12(2)26-22-11)14-7-8-16(24)23(10-14)9-13-5-3-4-6-15(13)25-18(19,20)21/h3-8,10,16,24H,9H2,1-2H3. The van der Waals surface area contributed by atoms with E-state index in [4.69, 9.17) is 4.52 Å². The first-order valence-corrected chi connectivity index (χ1v) is 7.85. The van der Waals surface area contributed by atoms with Crippen molar-refractivity contribution in [2.45, 2.75) is 33.0 Å². The summed E-state index contributed by atoms with van der Waals surface area (Å²) < 4.78 is 47.0. The van der Waals surface area contributed by atoms with Crippen LogP contribution in [0.15, 0.2) is 47.1 Å². The van der Waals surface area contributed by atoms with Crippen LogP contribution in [0.5, 0.6) is 5.75 Å². The molecule has 0 saturated heterocycles. The van der Waals surface area contributed by atoms with E-state index in [0.29, 0.717) is 17.0 Å². The third kappa shape index (κ3) is 3.91. The molecule has 0 fully saturated rings. The largest absolute Gasteiger partial charge is 0.573 e. The summed E-state index contributed by atoms with van der Waals surface area (Å²) >= 11 is 0. The van der Waals surface area contributed by atoms with Crippen LogP contribution in [-0.2, 0) is 6.54 Å². The molecular weight excluding hydrogens is 349 g/mol. The molecule has 26 heavy (non-hydrogen) atoms. The fraction of sp³-hybridized carbons (Fsp3) is 0.278. The Morgan fingerprint density at radius 1 is 1.27 bits per heavy atom. The second-order valence-corrected chi connectivity index (χ2v) is 5.88. The number of ether oxygens (including phenoxy) is 1. The molecule has 3 rings (SSSR count). The summed E-state index contributed by atoms with van der Waals surface area (Å²) in [7, 11) is 0. The van der Waals surface area contributed by atoms with Crippen LogP contribution < -0.4 is 4.74 Å². The Bertz CT molecular complexity index is 836. The SMILES string of the molecule is Cc1noc(C)c1C1=CN(Cc2ccccc2OC(F)(F)F)C(O)C=C1. The number of rotatable bonds is 4. The van der Waals surface area contributed by atoms with Crippen LogP contribution in [0, 0.1) is 13.8 Å². The van der Waals surface area contributed by atoms with Gasteiger partial charge in [0.15, 0.2) is 0 Å². The molecule has 0 saturated carbocycles. The number of nitrogens with zero attached hydrogens (tertiary/aromatic N) is 2. The Morgan fingerprint density at radius 2 is 2.00 bits per heavy atom. The molecule has 0 amide bonds. The van der Waals surface area contributed by atoms with E-state index in [1.165, 1.54) is 23.1 Å². The highest BCUT2D eigenvalue weighted by molar-refractivity contribution is 5.77. The summed E-state index contributed by atoms with van der Waals surface area (Å²) in [5, 5.41) is 14.1. The van der Waals surface area contributed by atoms with Crippen molar-refractivity contribution >= 4 is 5.57 Å². The van der Waals surface area contributed by atoms with E-state index in [-0.39, 0.29) is 12.3 Å². The molecule has 1 aliphatic rings. The Hall–Kier alpha value is -2.74. The highest BCUT2D eigenvalue weighted by atomic mass is 19.4. The van der Waals surface area contributed by atoms with Crippen molar-refractivity contribution < 1.29 is 27.5 Å². The van der Waals surface area contributed by atoms with Gasteiger partial charge in [0.05, 0.1) is 5.69 Å². The lowest BCUT2D eigenvalue weighted by atomic mass is 10.0. The normalized spacial score (nSPS) is 17.4. The molecule has 1 aromatic carbocycles. The summed E-state index contributed by atoms with van der Waals surface area (Å²) in [5.41, 5.74) is 2.53. The van der Waals surface area contributed by atoms with Crippen molar-refractivity contribution in [2.75, 3.05) is 0 Å². The first kappa shape index (κ1) is 18.1. The number of aromatic nitrogens is 1. The highest BCUT2D eigenvalue weighted by Gasteiger charge is 2.32. The van der Waals surface area contributed by atoms with Gasteiger partial charge in [-0.2, -0.15) is 0 Å². The monoisotopic (exact) mass is 366 g/mol. The van der Waals surface area contributed by atoms with Gasteiger partial charge < -0.3 is 19.3 Å². The van der Waals surface area contributed by atoms with Crippen LogP contribution in [-0.4, -0.2) is 27.8 Å². The van der Waals surface area contributed by atoms with E-state index in [1.807, 2.05) is 0 Å². The lowest BCUT2D eigenvalue weighted by Crippen LogP contribution is -2.31. The molecule has 2 heterocycles. The number of allylic oxidation sites excluding steroid dienone is 2. The van der Waals surface area contributed by atoms with Gasteiger partial charge in [-0.25, -0.2) is 0 Å². The minimum atomic E-state index is -4.78. The Morgan fingerprint density at radius 3 is 2.65 bits per heavy atom. The number of aliphatic hydroxyl groups excluding tert-OH is 1. The third-order valence-corrected chi connectivity index (χ3v) is 3.97. The molecule has 2 aromatic rings. The van der Waals surface area contributed by atoms with E-state index in [9.17, 15) is 18.3 Å². The lowest BCUT2D eigenvalue weighted by Gasteiger charge is -2.29. The maximum atomic E-state index is 12.6. The molecule has 1 aromatic heterocycles. The molecule has 138 valence electrons. The van der Waals surface area contributed by atoms with Gasteiger partial charge in [0.1, 0.15) is 17.7 Å². The van der Waals surface area contributed by atoms with E-state index >= 15 is 0 Å². The summed E-state index contributed by atoms with van der Waals surface area (Å²) in [4.78, 5) is 1.51. The fourth-order valence-electron chi connectivity index (χ4n) is 2.84. The summed E-state index contributed by atoms with van der Waals surface area (Å²) in [6, 6.07) is 5.84. The quantitative estimate of drug-likeness (QED) is 0.889. The van der Waals surface area contributed by atoms with E-state index < -0.39 is 12.6 Å². The molecule has 1 unspecified atom stereocenters. The van der Waals surface area contributed by atoms with Crippen LogP contribution in [0.4, 0.5) is 13.2 Å². The number of halogens is 3. The molecule has 0 radical (unpaired) electrons. The molecule has 0 spiro atoms. The average Bonchev–Trinajstić information content (AvgIpc) is 2.89. The van der Waals surface area contributed by atoms with Gasteiger partial charge in [-0.3, -0.25) is 0 Å². The predicted octanol–water partition coefficient (Wildman–Crippen LogP) is 3.92.